The second-order valence-electron chi connectivity index (χ2n) is 5.12. The topological polar surface area (TPSA) is 25.2 Å². The third-order valence-electron chi connectivity index (χ3n) is 3.54. The first-order valence-electron chi connectivity index (χ1n) is 6.66. The van der Waals surface area contributed by atoms with Crippen molar-refractivity contribution >= 4 is 0 Å². The van der Waals surface area contributed by atoms with Crippen molar-refractivity contribution < 1.29 is 4.42 Å². The molecule has 2 nitrogen and oxygen atoms in total. The zero-order valence-electron chi connectivity index (χ0n) is 10.7. The van der Waals surface area contributed by atoms with E-state index >= 15 is 0 Å². The molecule has 1 fully saturated rings. The molecular formula is C16H19NO. The predicted octanol–water partition coefficient (Wildman–Crippen LogP) is 3.83. The maximum atomic E-state index is 5.61. The summed E-state index contributed by atoms with van der Waals surface area (Å²) in [5.74, 6) is 2.80. The van der Waals surface area contributed by atoms with Crippen molar-refractivity contribution in [2.24, 2.45) is 5.92 Å². The molecule has 0 spiro atoms. The van der Waals surface area contributed by atoms with Crippen molar-refractivity contribution in [1.29, 1.82) is 0 Å². The molecule has 0 aliphatic heterocycles. The van der Waals surface area contributed by atoms with E-state index in [0.29, 0.717) is 6.04 Å². The Kier molecular flexibility index (Phi) is 3.20. The average Bonchev–Trinajstić information content (AvgIpc) is 3.14. The van der Waals surface area contributed by atoms with E-state index in [1.165, 1.54) is 18.4 Å². The lowest BCUT2D eigenvalue weighted by atomic mass is 10.0. The third kappa shape index (κ3) is 2.65. The summed E-state index contributed by atoms with van der Waals surface area (Å²) in [4.78, 5) is 0. The Morgan fingerprint density at radius 2 is 1.94 bits per heavy atom. The molecule has 1 N–H and O–H groups in total. The fraction of sp³-hybridized carbons (Fsp3) is 0.375. The van der Waals surface area contributed by atoms with E-state index in [2.05, 4.69) is 41.7 Å². The number of aryl methyl sites for hydroxylation is 1. The van der Waals surface area contributed by atoms with E-state index in [4.69, 9.17) is 4.42 Å². The summed E-state index contributed by atoms with van der Waals surface area (Å²) in [6.45, 7) is 2.79. The zero-order chi connectivity index (χ0) is 12.4. The number of nitrogens with one attached hydrogen (secondary N) is 1. The highest BCUT2D eigenvalue weighted by Crippen LogP contribution is 2.41. The molecule has 18 heavy (non-hydrogen) atoms. The summed E-state index contributed by atoms with van der Waals surface area (Å²) in [5, 5.41) is 3.63. The fourth-order valence-corrected chi connectivity index (χ4v) is 2.44. The molecule has 0 radical (unpaired) electrons. The molecule has 1 atom stereocenters. The van der Waals surface area contributed by atoms with E-state index < -0.39 is 0 Å². The molecule has 0 bridgehead atoms. The van der Waals surface area contributed by atoms with Crippen molar-refractivity contribution in [1.82, 2.24) is 5.32 Å². The van der Waals surface area contributed by atoms with Gasteiger partial charge in [-0.15, -0.1) is 0 Å². The number of rotatable bonds is 5. The van der Waals surface area contributed by atoms with Gasteiger partial charge >= 0.3 is 0 Å². The summed E-state index contributed by atoms with van der Waals surface area (Å²) < 4.78 is 5.61. The van der Waals surface area contributed by atoms with Gasteiger partial charge in [-0.3, -0.25) is 0 Å². The Hall–Kier alpha value is -1.54. The van der Waals surface area contributed by atoms with E-state index in [1.54, 1.807) is 0 Å². The van der Waals surface area contributed by atoms with Crippen LogP contribution < -0.4 is 5.32 Å². The van der Waals surface area contributed by atoms with E-state index in [9.17, 15) is 0 Å². The van der Waals surface area contributed by atoms with Crippen molar-refractivity contribution in [2.75, 3.05) is 0 Å². The van der Waals surface area contributed by atoms with Crippen LogP contribution in [-0.4, -0.2) is 0 Å². The van der Waals surface area contributed by atoms with Crippen LogP contribution in [-0.2, 0) is 6.54 Å². The van der Waals surface area contributed by atoms with Crippen LogP contribution in [0.15, 0.2) is 46.9 Å². The predicted molar refractivity (Wildman–Crippen MR) is 72.2 cm³/mol. The highest BCUT2D eigenvalue weighted by atomic mass is 16.3. The molecule has 1 unspecified atom stereocenters. The molecule has 2 aromatic rings. The minimum atomic E-state index is 0.469. The molecule has 2 heteroatoms. The molecule has 1 saturated carbocycles. The lowest BCUT2D eigenvalue weighted by Crippen LogP contribution is -2.22. The summed E-state index contributed by atoms with van der Waals surface area (Å²) in [7, 11) is 0. The summed E-state index contributed by atoms with van der Waals surface area (Å²) in [5.41, 5.74) is 1.39. The second-order valence-corrected chi connectivity index (χ2v) is 5.12. The molecule has 0 saturated heterocycles. The Bertz CT molecular complexity index is 499. The quantitative estimate of drug-likeness (QED) is 0.860. The molecule has 94 valence electrons. The Balaban J connectivity index is 1.68. The Labute approximate surface area is 108 Å². The first-order valence-corrected chi connectivity index (χ1v) is 6.66. The van der Waals surface area contributed by atoms with Crippen LogP contribution in [0, 0.1) is 12.8 Å². The van der Waals surface area contributed by atoms with Gasteiger partial charge in [0.1, 0.15) is 11.5 Å². The monoisotopic (exact) mass is 241 g/mol. The molecule has 0 amide bonds. The molecule has 1 heterocycles. The van der Waals surface area contributed by atoms with Gasteiger partial charge < -0.3 is 9.73 Å². The van der Waals surface area contributed by atoms with Crippen LogP contribution in [0.3, 0.4) is 0 Å². The normalized spacial score (nSPS) is 16.7. The smallest absolute Gasteiger partial charge is 0.117 e. The van der Waals surface area contributed by atoms with Gasteiger partial charge in [0, 0.05) is 6.04 Å². The standard InChI is InChI=1S/C16H19NO/c1-12-7-10-15(18-12)11-17-16(14-8-9-14)13-5-3-2-4-6-13/h2-7,10,14,16-17H,8-9,11H2,1H3. The number of benzene rings is 1. The van der Waals surface area contributed by atoms with Crippen molar-refractivity contribution in [3.8, 4) is 0 Å². The molecule has 1 aromatic carbocycles. The van der Waals surface area contributed by atoms with Crippen LogP contribution in [0.25, 0.3) is 0 Å². The van der Waals surface area contributed by atoms with Crippen LogP contribution in [0.4, 0.5) is 0 Å². The molecule has 3 rings (SSSR count). The van der Waals surface area contributed by atoms with Gasteiger partial charge in [0.05, 0.1) is 6.54 Å². The Morgan fingerprint density at radius 3 is 2.56 bits per heavy atom. The van der Waals surface area contributed by atoms with Crippen molar-refractivity contribution in [3.05, 3.63) is 59.5 Å². The van der Waals surface area contributed by atoms with Gasteiger partial charge in [-0.05, 0) is 43.4 Å². The van der Waals surface area contributed by atoms with E-state index in [-0.39, 0.29) is 0 Å². The van der Waals surface area contributed by atoms with Crippen LogP contribution in [0.1, 0.15) is 36.0 Å². The summed E-state index contributed by atoms with van der Waals surface area (Å²) in [6, 6.07) is 15.3. The number of hydrogen-bond acceptors (Lipinski definition) is 2. The minimum Gasteiger partial charge on any atom is -0.465 e. The van der Waals surface area contributed by atoms with Crippen LogP contribution >= 0.6 is 0 Å². The lowest BCUT2D eigenvalue weighted by molar-refractivity contribution is 0.416. The van der Waals surface area contributed by atoms with Gasteiger partial charge in [0.15, 0.2) is 0 Å². The van der Waals surface area contributed by atoms with Gasteiger partial charge in [-0.25, -0.2) is 0 Å². The summed E-state index contributed by atoms with van der Waals surface area (Å²) in [6.07, 6.45) is 2.67. The van der Waals surface area contributed by atoms with Gasteiger partial charge in [0.2, 0.25) is 0 Å². The maximum absolute atomic E-state index is 5.61. The average molecular weight is 241 g/mol. The number of hydrogen-bond donors (Lipinski definition) is 1. The third-order valence-corrected chi connectivity index (χ3v) is 3.54. The van der Waals surface area contributed by atoms with Gasteiger partial charge in [-0.1, -0.05) is 30.3 Å². The van der Waals surface area contributed by atoms with Gasteiger partial charge in [-0.2, -0.15) is 0 Å². The molecule has 1 aromatic heterocycles. The van der Waals surface area contributed by atoms with Crippen LogP contribution in [0.2, 0.25) is 0 Å². The van der Waals surface area contributed by atoms with E-state index in [1.807, 2.05) is 13.0 Å². The lowest BCUT2D eigenvalue weighted by Gasteiger charge is -2.18. The molecule has 1 aliphatic carbocycles. The zero-order valence-corrected chi connectivity index (χ0v) is 10.7. The first kappa shape index (κ1) is 11.5. The second kappa shape index (κ2) is 4.99. The number of furan rings is 1. The van der Waals surface area contributed by atoms with Crippen molar-refractivity contribution in [2.45, 2.75) is 32.4 Å². The highest BCUT2D eigenvalue weighted by molar-refractivity contribution is 5.21. The molecular weight excluding hydrogens is 222 g/mol. The van der Waals surface area contributed by atoms with Crippen molar-refractivity contribution in [3.63, 3.8) is 0 Å². The molecule has 1 aliphatic rings. The fourth-order valence-electron chi connectivity index (χ4n) is 2.44. The van der Waals surface area contributed by atoms with E-state index in [0.717, 1.165) is 24.0 Å². The SMILES string of the molecule is Cc1ccc(CNC(c2ccccc2)C2CC2)o1. The van der Waals surface area contributed by atoms with Crippen LogP contribution in [0.5, 0.6) is 0 Å². The minimum absolute atomic E-state index is 0.469. The first-order chi connectivity index (χ1) is 8.83. The summed E-state index contributed by atoms with van der Waals surface area (Å²) >= 11 is 0. The highest BCUT2D eigenvalue weighted by Gasteiger charge is 2.31. The largest absolute Gasteiger partial charge is 0.465 e. The van der Waals surface area contributed by atoms with Gasteiger partial charge in [0.25, 0.3) is 0 Å². The maximum Gasteiger partial charge on any atom is 0.117 e. The Morgan fingerprint density at radius 1 is 1.17 bits per heavy atom.